The molecule has 0 aliphatic carbocycles. The summed E-state index contributed by atoms with van der Waals surface area (Å²) in [6.07, 6.45) is 4.87. The summed E-state index contributed by atoms with van der Waals surface area (Å²) in [4.78, 5) is 6.18. The van der Waals surface area contributed by atoms with Gasteiger partial charge in [0.05, 0.1) is 12.1 Å². The van der Waals surface area contributed by atoms with Crippen LogP contribution in [0.15, 0.2) is 67.0 Å². The summed E-state index contributed by atoms with van der Waals surface area (Å²) in [6.45, 7) is 0.510. The average Bonchev–Trinajstić information content (AvgIpc) is 2.68. The van der Waals surface area contributed by atoms with E-state index < -0.39 is 12.2 Å². The van der Waals surface area contributed by atoms with Crippen molar-refractivity contribution >= 4 is 16.6 Å². The number of fused-ring (bicyclic) bond motifs is 2. The van der Waals surface area contributed by atoms with Crippen molar-refractivity contribution < 1.29 is 14.9 Å². The van der Waals surface area contributed by atoms with Gasteiger partial charge in [-0.05, 0) is 24.3 Å². The molecular weight excluding hydrogens is 328 g/mol. The molecule has 1 aliphatic rings. The molecule has 1 radical (unpaired) electrons. The minimum Gasteiger partial charge on any atom is -0.491 e. The highest BCUT2D eigenvalue weighted by Crippen LogP contribution is 2.31. The average molecular weight is 347 g/mol. The molecule has 26 heavy (non-hydrogen) atoms. The summed E-state index contributed by atoms with van der Waals surface area (Å²) in [5.74, 6) is 0.673. The maximum absolute atomic E-state index is 10.4. The number of β-amino-alcohol motifs (C(OH)–C–C–N with tert-alkyl or cyclic N) is 1. The number of aliphatic hydroxyl groups is 2. The summed E-state index contributed by atoms with van der Waals surface area (Å²) in [7, 11) is 0. The quantitative estimate of drug-likeness (QED) is 0.743. The van der Waals surface area contributed by atoms with E-state index in [1.807, 2.05) is 59.5 Å². The Morgan fingerprint density at radius 1 is 1.15 bits per heavy atom. The summed E-state index contributed by atoms with van der Waals surface area (Å²) in [5, 5.41) is 21.4. The summed E-state index contributed by atoms with van der Waals surface area (Å²) in [6, 6.07) is 17.1. The van der Waals surface area contributed by atoms with Crippen molar-refractivity contribution in [3.8, 4) is 5.75 Å². The number of aliphatic hydroxyl groups excluding tert-OH is 2. The maximum atomic E-state index is 10.4. The van der Waals surface area contributed by atoms with Gasteiger partial charge in [0.15, 0.2) is 0 Å². The number of hydrogen-bond donors (Lipinski definition) is 2. The second kappa shape index (κ2) is 7.15. The van der Waals surface area contributed by atoms with E-state index >= 15 is 0 Å². The predicted molar refractivity (Wildman–Crippen MR) is 99.8 cm³/mol. The molecule has 5 heteroatoms. The molecule has 0 spiro atoms. The molecule has 2 atom stereocenters. The van der Waals surface area contributed by atoms with Gasteiger partial charge in [-0.1, -0.05) is 24.3 Å². The number of nitrogens with zero attached hydrogens (tertiary/aromatic N) is 2. The van der Waals surface area contributed by atoms with Crippen LogP contribution in [0.2, 0.25) is 0 Å². The third-order valence-corrected chi connectivity index (χ3v) is 4.36. The summed E-state index contributed by atoms with van der Waals surface area (Å²) < 4.78 is 5.73. The number of hydrogen-bond acceptors (Lipinski definition) is 5. The van der Waals surface area contributed by atoms with Gasteiger partial charge in [0.2, 0.25) is 0 Å². The molecular formula is C21H19N2O3. The van der Waals surface area contributed by atoms with Crippen LogP contribution in [0.5, 0.6) is 5.75 Å². The Bertz CT molecular complexity index is 941. The molecule has 131 valence electrons. The number of ether oxygens (including phenoxy) is 1. The number of benzene rings is 2. The first-order valence-corrected chi connectivity index (χ1v) is 8.49. The summed E-state index contributed by atoms with van der Waals surface area (Å²) in [5.41, 5.74) is 2.51. The molecule has 3 aromatic rings. The normalized spacial score (nSPS) is 17.2. The van der Waals surface area contributed by atoms with E-state index in [0.29, 0.717) is 12.3 Å². The Morgan fingerprint density at radius 3 is 2.96 bits per heavy atom. The van der Waals surface area contributed by atoms with E-state index in [2.05, 4.69) is 11.1 Å². The molecule has 0 bridgehead atoms. The van der Waals surface area contributed by atoms with Gasteiger partial charge in [-0.25, -0.2) is 0 Å². The predicted octanol–water partition coefficient (Wildman–Crippen LogP) is 2.84. The molecule has 4 rings (SSSR count). The van der Waals surface area contributed by atoms with Crippen LogP contribution in [0.1, 0.15) is 11.7 Å². The van der Waals surface area contributed by atoms with E-state index in [1.54, 1.807) is 12.4 Å². The second-order valence-corrected chi connectivity index (χ2v) is 6.23. The molecule has 5 nitrogen and oxygen atoms in total. The van der Waals surface area contributed by atoms with Crippen molar-refractivity contribution in [2.75, 3.05) is 18.1 Å². The van der Waals surface area contributed by atoms with Gasteiger partial charge in [-0.15, -0.1) is 0 Å². The second-order valence-electron chi connectivity index (χ2n) is 6.23. The third-order valence-electron chi connectivity index (χ3n) is 4.36. The standard InChI is InChI=1S/C21H19N2O3/c24-16(13-23-11-9-21(25)18-5-1-2-6-20(18)23)14-26-17-8-7-15-4-3-10-22-19(15)12-17/h1-8,10-12,16,21,24-25H,13-14H2/t16-,21?/m0/s1. The van der Waals surface area contributed by atoms with Crippen LogP contribution in [0, 0.1) is 6.08 Å². The van der Waals surface area contributed by atoms with Crippen LogP contribution in [-0.4, -0.2) is 34.5 Å². The molecule has 1 aliphatic heterocycles. The monoisotopic (exact) mass is 347 g/mol. The Balaban J connectivity index is 1.41. The zero-order valence-corrected chi connectivity index (χ0v) is 14.1. The van der Waals surface area contributed by atoms with Gasteiger partial charge in [0, 0.05) is 41.2 Å². The first-order chi connectivity index (χ1) is 12.7. The highest BCUT2D eigenvalue weighted by molar-refractivity contribution is 5.79. The Kier molecular flexibility index (Phi) is 4.56. The van der Waals surface area contributed by atoms with Crippen LogP contribution in [0.4, 0.5) is 5.69 Å². The molecule has 2 aromatic carbocycles. The summed E-state index contributed by atoms with van der Waals surface area (Å²) >= 11 is 0. The van der Waals surface area contributed by atoms with Crippen LogP contribution in [0.25, 0.3) is 10.9 Å². The molecule has 1 unspecified atom stereocenters. The molecule has 0 saturated heterocycles. The topological polar surface area (TPSA) is 65.8 Å². The van der Waals surface area contributed by atoms with E-state index in [1.165, 1.54) is 0 Å². The fraction of sp³-hybridized carbons (Fsp3) is 0.190. The van der Waals surface area contributed by atoms with Gasteiger partial charge in [0.1, 0.15) is 24.6 Å². The molecule has 0 amide bonds. The number of para-hydroxylation sites is 1. The Morgan fingerprint density at radius 2 is 2.04 bits per heavy atom. The van der Waals surface area contributed by atoms with Gasteiger partial charge < -0.3 is 19.8 Å². The number of rotatable bonds is 5. The fourth-order valence-corrected chi connectivity index (χ4v) is 3.06. The zero-order chi connectivity index (χ0) is 17.9. The highest BCUT2D eigenvalue weighted by atomic mass is 16.5. The van der Waals surface area contributed by atoms with Gasteiger partial charge in [0.25, 0.3) is 0 Å². The van der Waals surface area contributed by atoms with Gasteiger partial charge >= 0.3 is 0 Å². The molecule has 2 N–H and O–H groups in total. The van der Waals surface area contributed by atoms with E-state index in [4.69, 9.17) is 4.74 Å². The number of anilines is 1. The van der Waals surface area contributed by atoms with Crippen LogP contribution >= 0.6 is 0 Å². The lowest BCUT2D eigenvalue weighted by molar-refractivity contribution is 0.113. The van der Waals surface area contributed by atoms with E-state index in [-0.39, 0.29) is 6.61 Å². The molecule has 1 aromatic heterocycles. The first-order valence-electron chi connectivity index (χ1n) is 8.49. The smallest absolute Gasteiger partial charge is 0.121 e. The SMILES string of the molecule is OC1[C]=CN(C[C@H](O)COc2ccc3cccnc3c2)c2ccccc21. The third kappa shape index (κ3) is 3.40. The Hall–Kier alpha value is -2.89. The first kappa shape index (κ1) is 16.6. The van der Waals surface area contributed by atoms with Crippen LogP contribution in [0.3, 0.4) is 0 Å². The number of pyridine rings is 1. The van der Waals surface area contributed by atoms with Crippen LogP contribution < -0.4 is 9.64 Å². The van der Waals surface area contributed by atoms with Crippen molar-refractivity contribution in [1.82, 2.24) is 4.98 Å². The fourth-order valence-electron chi connectivity index (χ4n) is 3.06. The lowest BCUT2D eigenvalue weighted by Gasteiger charge is -2.30. The van der Waals surface area contributed by atoms with Crippen molar-refractivity contribution in [3.63, 3.8) is 0 Å². The lowest BCUT2D eigenvalue weighted by Crippen LogP contribution is -2.34. The Labute approximate surface area is 151 Å². The van der Waals surface area contributed by atoms with Crippen molar-refractivity contribution in [3.05, 3.63) is 78.6 Å². The van der Waals surface area contributed by atoms with Gasteiger partial charge in [-0.2, -0.15) is 0 Å². The van der Waals surface area contributed by atoms with Crippen molar-refractivity contribution in [1.29, 1.82) is 0 Å². The van der Waals surface area contributed by atoms with Crippen molar-refractivity contribution in [2.45, 2.75) is 12.2 Å². The minimum absolute atomic E-state index is 0.160. The van der Waals surface area contributed by atoms with Crippen molar-refractivity contribution in [2.24, 2.45) is 0 Å². The number of aromatic nitrogens is 1. The molecule has 0 saturated carbocycles. The van der Waals surface area contributed by atoms with Crippen LogP contribution in [-0.2, 0) is 0 Å². The molecule has 0 fully saturated rings. The largest absolute Gasteiger partial charge is 0.491 e. The van der Waals surface area contributed by atoms with Gasteiger partial charge in [-0.3, -0.25) is 4.98 Å². The highest BCUT2D eigenvalue weighted by Gasteiger charge is 2.21. The molecule has 2 heterocycles. The maximum Gasteiger partial charge on any atom is 0.121 e. The minimum atomic E-state index is -0.735. The van der Waals surface area contributed by atoms with E-state index in [0.717, 1.165) is 22.2 Å². The zero-order valence-electron chi connectivity index (χ0n) is 14.1. The lowest BCUT2D eigenvalue weighted by atomic mass is 10.0. The van der Waals surface area contributed by atoms with E-state index in [9.17, 15) is 10.2 Å².